The third kappa shape index (κ3) is 3.65. The van der Waals surface area contributed by atoms with Crippen LogP contribution in [0.15, 0.2) is 18.3 Å². The lowest BCUT2D eigenvalue weighted by Gasteiger charge is -2.16. The van der Waals surface area contributed by atoms with Crippen molar-refractivity contribution in [3.05, 3.63) is 23.9 Å². The standard InChI is InChI=1S/C13H19NO2/c1-13(2,3)11(15)7-5-10-6-8-12(16-4)14-9-10/h6,8-9H,5,7H2,1-4H3. The van der Waals surface area contributed by atoms with E-state index in [1.54, 1.807) is 13.3 Å². The van der Waals surface area contributed by atoms with Crippen molar-refractivity contribution < 1.29 is 9.53 Å². The van der Waals surface area contributed by atoms with Crippen molar-refractivity contribution in [3.8, 4) is 5.88 Å². The lowest BCUT2D eigenvalue weighted by atomic mass is 9.87. The molecular weight excluding hydrogens is 202 g/mol. The lowest BCUT2D eigenvalue weighted by molar-refractivity contribution is -0.126. The van der Waals surface area contributed by atoms with Gasteiger partial charge in [-0.15, -0.1) is 0 Å². The summed E-state index contributed by atoms with van der Waals surface area (Å²) in [4.78, 5) is 15.8. The second kappa shape index (κ2) is 5.10. The highest BCUT2D eigenvalue weighted by Crippen LogP contribution is 2.18. The van der Waals surface area contributed by atoms with Gasteiger partial charge in [0.05, 0.1) is 7.11 Å². The van der Waals surface area contributed by atoms with Crippen molar-refractivity contribution in [2.24, 2.45) is 5.41 Å². The molecule has 0 aromatic carbocycles. The molecule has 0 aliphatic carbocycles. The second-order valence-corrected chi connectivity index (χ2v) is 4.88. The number of aromatic nitrogens is 1. The summed E-state index contributed by atoms with van der Waals surface area (Å²) in [6.07, 6.45) is 3.07. The predicted octanol–water partition coefficient (Wildman–Crippen LogP) is 2.64. The van der Waals surface area contributed by atoms with Gasteiger partial charge < -0.3 is 4.74 Å². The SMILES string of the molecule is COc1ccc(CCC(=O)C(C)(C)C)cn1. The number of carbonyl (C=O) groups excluding carboxylic acids is 1. The molecule has 0 N–H and O–H groups in total. The summed E-state index contributed by atoms with van der Waals surface area (Å²) in [5.41, 5.74) is 0.818. The van der Waals surface area contributed by atoms with E-state index in [-0.39, 0.29) is 11.2 Å². The van der Waals surface area contributed by atoms with Crippen LogP contribution < -0.4 is 4.74 Å². The number of Topliss-reactive ketones (excluding diaryl/α,β-unsaturated/α-hetero) is 1. The van der Waals surface area contributed by atoms with Crippen LogP contribution in [-0.4, -0.2) is 17.9 Å². The molecular formula is C13H19NO2. The van der Waals surface area contributed by atoms with Crippen LogP contribution in [0, 0.1) is 5.41 Å². The first-order valence-corrected chi connectivity index (χ1v) is 5.45. The topological polar surface area (TPSA) is 39.2 Å². The van der Waals surface area contributed by atoms with Gasteiger partial charge in [-0.25, -0.2) is 4.98 Å². The minimum Gasteiger partial charge on any atom is -0.481 e. The second-order valence-electron chi connectivity index (χ2n) is 4.88. The number of carbonyl (C=O) groups is 1. The van der Waals surface area contributed by atoms with Crippen LogP contribution in [0.1, 0.15) is 32.8 Å². The van der Waals surface area contributed by atoms with E-state index >= 15 is 0 Å². The summed E-state index contributed by atoms with van der Waals surface area (Å²) < 4.78 is 4.97. The number of aryl methyl sites for hydroxylation is 1. The van der Waals surface area contributed by atoms with Gasteiger partial charge in [0.25, 0.3) is 0 Å². The molecule has 0 atom stereocenters. The van der Waals surface area contributed by atoms with E-state index in [1.165, 1.54) is 0 Å². The normalized spacial score (nSPS) is 11.2. The maximum Gasteiger partial charge on any atom is 0.212 e. The van der Waals surface area contributed by atoms with E-state index in [9.17, 15) is 4.79 Å². The maximum atomic E-state index is 11.7. The smallest absolute Gasteiger partial charge is 0.212 e. The molecule has 0 aliphatic heterocycles. The molecule has 16 heavy (non-hydrogen) atoms. The Balaban J connectivity index is 2.52. The Hall–Kier alpha value is -1.38. The zero-order valence-electron chi connectivity index (χ0n) is 10.4. The van der Waals surface area contributed by atoms with Gasteiger partial charge in [-0.2, -0.15) is 0 Å². The quantitative estimate of drug-likeness (QED) is 0.784. The fraction of sp³-hybridized carbons (Fsp3) is 0.538. The van der Waals surface area contributed by atoms with Gasteiger partial charge in [-0.3, -0.25) is 4.79 Å². The van der Waals surface area contributed by atoms with Crippen molar-refractivity contribution in [3.63, 3.8) is 0 Å². The fourth-order valence-electron chi connectivity index (χ4n) is 1.31. The van der Waals surface area contributed by atoms with Crippen LogP contribution >= 0.6 is 0 Å². The molecule has 0 bridgehead atoms. The minimum atomic E-state index is -0.250. The molecule has 0 unspecified atom stereocenters. The first-order chi connectivity index (χ1) is 7.43. The summed E-state index contributed by atoms with van der Waals surface area (Å²) in [6.45, 7) is 5.84. The molecule has 0 fully saturated rings. The number of rotatable bonds is 4. The van der Waals surface area contributed by atoms with Crippen LogP contribution in [0.4, 0.5) is 0 Å². The first kappa shape index (κ1) is 12.7. The van der Waals surface area contributed by atoms with E-state index in [0.29, 0.717) is 12.3 Å². The van der Waals surface area contributed by atoms with Crippen molar-refractivity contribution in [1.29, 1.82) is 0 Å². The zero-order valence-corrected chi connectivity index (χ0v) is 10.4. The fourth-order valence-corrected chi connectivity index (χ4v) is 1.31. The Morgan fingerprint density at radius 3 is 2.50 bits per heavy atom. The number of ketones is 1. The molecule has 0 saturated heterocycles. The molecule has 0 radical (unpaired) electrons. The highest BCUT2D eigenvalue weighted by atomic mass is 16.5. The van der Waals surface area contributed by atoms with Gasteiger partial charge in [0.2, 0.25) is 5.88 Å². The van der Waals surface area contributed by atoms with Crippen molar-refractivity contribution in [1.82, 2.24) is 4.98 Å². The number of hydrogen-bond acceptors (Lipinski definition) is 3. The Bertz CT molecular complexity index is 349. The summed E-state index contributed by atoms with van der Waals surface area (Å²) in [7, 11) is 1.59. The Labute approximate surface area is 96.8 Å². The maximum absolute atomic E-state index is 11.7. The van der Waals surface area contributed by atoms with Crippen LogP contribution in [0.3, 0.4) is 0 Å². The summed E-state index contributed by atoms with van der Waals surface area (Å²) >= 11 is 0. The third-order valence-corrected chi connectivity index (χ3v) is 2.48. The third-order valence-electron chi connectivity index (χ3n) is 2.48. The number of methoxy groups -OCH3 is 1. The minimum absolute atomic E-state index is 0.250. The molecule has 3 nitrogen and oxygen atoms in total. The van der Waals surface area contributed by atoms with Crippen LogP contribution in [0.2, 0.25) is 0 Å². The molecule has 0 spiro atoms. The van der Waals surface area contributed by atoms with Crippen molar-refractivity contribution in [2.45, 2.75) is 33.6 Å². The van der Waals surface area contributed by atoms with Gasteiger partial charge in [0, 0.05) is 24.1 Å². The average molecular weight is 221 g/mol. The van der Waals surface area contributed by atoms with Crippen LogP contribution in [0.25, 0.3) is 0 Å². The molecule has 1 aromatic heterocycles. The van der Waals surface area contributed by atoms with E-state index in [2.05, 4.69) is 4.98 Å². The zero-order chi connectivity index (χ0) is 12.2. The number of pyridine rings is 1. The first-order valence-electron chi connectivity index (χ1n) is 5.45. The van der Waals surface area contributed by atoms with Gasteiger partial charge in [-0.1, -0.05) is 26.8 Å². The molecule has 0 aliphatic rings. The molecule has 3 heteroatoms. The van der Waals surface area contributed by atoms with Gasteiger partial charge in [-0.05, 0) is 12.0 Å². The summed E-state index contributed by atoms with van der Waals surface area (Å²) in [5, 5.41) is 0. The molecule has 0 saturated carbocycles. The highest BCUT2D eigenvalue weighted by molar-refractivity contribution is 5.83. The summed E-state index contributed by atoms with van der Waals surface area (Å²) in [5.74, 6) is 0.884. The monoisotopic (exact) mass is 221 g/mol. The van der Waals surface area contributed by atoms with Crippen LogP contribution in [0.5, 0.6) is 5.88 Å². The summed E-state index contributed by atoms with van der Waals surface area (Å²) in [6, 6.07) is 3.76. The van der Waals surface area contributed by atoms with E-state index < -0.39 is 0 Å². The van der Waals surface area contributed by atoms with E-state index in [1.807, 2.05) is 32.9 Å². The lowest BCUT2D eigenvalue weighted by Crippen LogP contribution is -2.20. The van der Waals surface area contributed by atoms with Gasteiger partial charge in [0.15, 0.2) is 0 Å². The van der Waals surface area contributed by atoms with Crippen LogP contribution in [-0.2, 0) is 11.2 Å². The molecule has 1 heterocycles. The largest absolute Gasteiger partial charge is 0.481 e. The van der Waals surface area contributed by atoms with Gasteiger partial charge in [0.1, 0.15) is 5.78 Å². The predicted molar refractivity (Wildman–Crippen MR) is 63.6 cm³/mol. The Morgan fingerprint density at radius 2 is 2.06 bits per heavy atom. The average Bonchev–Trinajstić information content (AvgIpc) is 2.25. The van der Waals surface area contributed by atoms with Crippen molar-refractivity contribution in [2.75, 3.05) is 7.11 Å². The van der Waals surface area contributed by atoms with Crippen molar-refractivity contribution >= 4 is 5.78 Å². The Kier molecular flexibility index (Phi) is 4.05. The number of ether oxygens (including phenoxy) is 1. The molecule has 1 rings (SSSR count). The highest BCUT2D eigenvalue weighted by Gasteiger charge is 2.20. The molecule has 0 amide bonds. The molecule has 88 valence electrons. The molecule has 1 aromatic rings. The Morgan fingerprint density at radius 1 is 1.38 bits per heavy atom. The van der Waals surface area contributed by atoms with E-state index in [0.717, 1.165) is 12.0 Å². The number of hydrogen-bond donors (Lipinski definition) is 0. The van der Waals surface area contributed by atoms with Gasteiger partial charge >= 0.3 is 0 Å². The van der Waals surface area contributed by atoms with E-state index in [4.69, 9.17) is 4.74 Å². The number of nitrogens with zero attached hydrogens (tertiary/aromatic N) is 1.